The van der Waals surface area contributed by atoms with Crippen molar-refractivity contribution < 1.29 is 14.1 Å². The standard InChI is InChI=1S/C24H27N3O3/c1-2-29-23(28)24(10-14-27(15-11-24)18-19-8-12-25-13-9-19)17-21-16-22(26-30-21)20-6-4-3-5-7-20/h3-9,12-13,16H,2,10-11,14-15,17-18H2,1H3. The summed E-state index contributed by atoms with van der Waals surface area (Å²) in [5, 5.41) is 4.22. The van der Waals surface area contributed by atoms with E-state index in [9.17, 15) is 4.79 Å². The van der Waals surface area contributed by atoms with Gasteiger partial charge in [-0.3, -0.25) is 14.7 Å². The van der Waals surface area contributed by atoms with Crippen LogP contribution in [0.5, 0.6) is 0 Å². The summed E-state index contributed by atoms with van der Waals surface area (Å²) in [7, 11) is 0. The Bertz CT molecular complexity index is 948. The maximum Gasteiger partial charge on any atom is 0.312 e. The summed E-state index contributed by atoms with van der Waals surface area (Å²) < 4.78 is 11.1. The lowest BCUT2D eigenvalue weighted by atomic mass is 9.74. The Morgan fingerprint density at radius 3 is 2.57 bits per heavy atom. The lowest BCUT2D eigenvalue weighted by Gasteiger charge is -2.39. The first-order valence-corrected chi connectivity index (χ1v) is 10.5. The minimum Gasteiger partial charge on any atom is -0.466 e. The Hall–Kier alpha value is -2.99. The van der Waals surface area contributed by atoms with Gasteiger partial charge in [-0.2, -0.15) is 0 Å². The van der Waals surface area contributed by atoms with E-state index in [1.165, 1.54) is 5.56 Å². The lowest BCUT2D eigenvalue weighted by molar-refractivity contribution is -0.159. The molecule has 3 heterocycles. The second-order valence-corrected chi connectivity index (χ2v) is 7.85. The Kier molecular flexibility index (Phi) is 6.23. The molecule has 156 valence electrons. The van der Waals surface area contributed by atoms with Gasteiger partial charge in [-0.15, -0.1) is 0 Å². The number of piperidine rings is 1. The Labute approximate surface area is 176 Å². The van der Waals surface area contributed by atoms with Crippen molar-refractivity contribution >= 4 is 5.97 Å². The van der Waals surface area contributed by atoms with Gasteiger partial charge in [-0.05, 0) is 50.6 Å². The van der Waals surface area contributed by atoms with Crippen LogP contribution in [0.4, 0.5) is 0 Å². The highest BCUT2D eigenvalue weighted by atomic mass is 16.5. The summed E-state index contributed by atoms with van der Waals surface area (Å²) in [6.45, 7) is 4.77. The van der Waals surface area contributed by atoms with Crippen LogP contribution in [0.2, 0.25) is 0 Å². The van der Waals surface area contributed by atoms with E-state index in [1.54, 1.807) is 0 Å². The molecule has 0 aliphatic carbocycles. The maximum atomic E-state index is 13.0. The number of benzene rings is 1. The molecule has 1 saturated heterocycles. The van der Waals surface area contributed by atoms with E-state index in [0.717, 1.165) is 49.5 Å². The molecule has 0 radical (unpaired) electrons. The van der Waals surface area contributed by atoms with Crippen LogP contribution < -0.4 is 0 Å². The molecule has 0 bridgehead atoms. The zero-order valence-corrected chi connectivity index (χ0v) is 17.3. The molecular weight excluding hydrogens is 378 g/mol. The predicted molar refractivity (Wildman–Crippen MR) is 113 cm³/mol. The molecule has 0 N–H and O–H groups in total. The molecule has 3 aromatic rings. The van der Waals surface area contributed by atoms with Gasteiger partial charge in [0, 0.05) is 37.0 Å². The SMILES string of the molecule is CCOC(=O)C1(Cc2cc(-c3ccccc3)no2)CCN(Cc2ccncc2)CC1. The zero-order valence-electron chi connectivity index (χ0n) is 17.3. The molecule has 0 atom stereocenters. The number of likely N-dealkylation sites (tertiary alicyclic amines) is 1. The molecular formula is C24H27N3O3. The molecule has 6 heteroatoms. The summed E-state index contributed by atoms with van der Waals surface area (Å²) in [4.78, 5) is 19.4. The van der Waals surface area contributed by atoms with Crippen molar-refractivity contribution in [2.24, 2.45) is 5.41 Å². The smallest absolute Gasteiger partial charge is 0.312 e. The van der Waals surface area contributed by atoms with Crippen LogP contribution >= 0.6 is 0 Å². The summed E-state index contributed by atoms with van der Waals surface area (Å²) >= 11 is 0. The highest BCUT2D eigenvalue weighted by Crippen LogP contribution is 2.38. The van der Waals surface area contributed by atoms with Crippen molar-refractivity contribution in [3.8, 4) is 11.3 Å². The number of rotatable bonds is 7. The van der Waals surface area contributed by atoms with Gasteiger partial charge in [0.15, 0.2) is 0 Å². The number of aromatic nitrogens is 2. The van der Waals surface area contributed by atoms with E-state index >= 15 is 0 Å². The van der Waals surface area contributed by atoms with Crippen molar-refractivity contribution in [2.45, 2.75) is 32.7 Å². The molecule has 0 saturated carbocycles. The Morgan fingerprint density at radius 1 is 1.13 bits per heavy atom. The summed E-state index contributed by atoms with van der Waals surface area (Å²) in [5.74, 6) is 0.593. The topological polar surface area (TPSA) is 68.5 Å². The highest BCUT2D eigenvalue weighted by molar-refractivity contribution is 5.77. The second-order valence-electron chi connectivity index (χ2n) is 7.85. The molecule has 1 aromatic carbocycles. The van der Waals surface area contributed by atoms with Crippen molar-refractivity contribution in [3.05, 3.63) is 72.2 Å². The van der Waals surface area contributed by atoms with E-state index < -0.39 is 5.41 Å². The monoisotopic (exact) mass is 405 g/mol. The van der Waals surface area contributed by atoms with Crippen LogP contribution in [0, 0.1) is 5.41 Å². The molecule has 30 heavy (non-hydrogen) atoms. The van der Waals surface area contributed by atoms with Crippen molar-refractivity contribution in [1.29, 1.82) is 0 Å². The Morgan fingerprint density at radius 2 is 1.87 bits per heavy atom. The van der Waals surface area contributed by atoms with Crippen molar-refractivity contribution in [1.82, 2.24) is 15.0 Å². The van der Waals surface area contributed by atoms with E-state index in [1.807, 2.05) is 67.8 Å². The second kappa shape index (κ2) is 9.22. The minimum atomic E-state index is -0.571. The number of carbonyl (C=O) groups excluding carboxylic acids is 1. The first-order valence-electron chi connectivity index (χ1n) is 10.5. The van der Waals surface area contributed by atoms with Gasteiger partial charge in [0.1, 0.15) is 11.5 Å². The minimum absolute atomic E-state index is 0.133. The van der Waals surface area contributed by atoms with Crippen LogP contribution in [0.15, 0.2) is 65.4 Å². The van der Waals surface area contributed by atoms with E-state index in [0.29, 0.717) is 13.0 Å². The first-order chi connectivity index (χ1) is 14.7. The average Bonchev–Trinajstić information content (AvgIpc) is 3.25. The third-order valence-corrected chi connectivity index (χ3v) is 5.82. The van der Waals surface area contributed by atoms with Crippen molar-refractivity contribution in [3.63, 3.8) is 0 Å². The van der Waals surface area contributed by atoms with Crippen LogP contribution in [0.1, 0.15) is 31.1 Å². The third-order valence-electron chi connectivity index (χ3n) is 5.82. The van der Waals surface area contributed by atoms with Gasteiger partial charge in [-0.25, -0.2) is 0 Å². The summed E-state index contributed by atoms with van der Waals surface area (Å²) in [6.07, 6.45) is 5.61. The zero-order chi connectivity index (χ0) is 20.8. The molecule has 1 aliphatic heterocycles. The number of esters is 1. The fourth-order valence-electron chi connectivity index (χ4n) is 4.10. The summed E-state index contributed by atoms with van der Waals surface area (Å²) in [6, 6.07) is 15.9. The first kappa shape index (κ1) is 20.3. The van der Waals surface area contributed by atoms with Crippen LogP contribution in [-0.2, 0) is 22.5 Å². The van der Waals surface area contributed by atoms with Crippen LogP contribution in [0.25, 0.3) is 11.3 Å². The van der Waals surface area contributed by atoms with Gasteiger partial charge in [0.2, 0.25) is 0 Å². The van der Waals surface area contributed by atoms with Crippen molar-refractivity contribution in [2.75, 3.05) is 19.7 Å². The molecule has 1 aliphatic rings. The normalized spacial score (nSPS) is 16.3. The fourth-order valence-corrected chi connectivity index (χ4v) is 4.10. The average molecular weight is 405 g/mol. The van der Waals surface area contributed by atoms with Gasteiger partial charge in [-0.1, -0.05) is 35.5 Å². The molecule has 1 fully saturated rings. The molecule has 0 unspecified atom stereocenters. The third kappa shape index (κ3) is 4.60. The van der Waals surface area contributed by atoms with Crippen LogP contribution in [0.3, 0.4) is 0 Å². The van der Waals surface area contributed by atoms with Gasteiger partial charge in [0.25, 0.3) is 0 Å². The largest absolute Gasteiger partial charge is 0.466 e. The fraction of sp³-hybridized carbons (Fsp3) is 0.375. The number of hydrogen-bond donors (Lipinski definition) is 0. The molecule has 6 nitrogen and oxygen atoms in total. The lowest BCUT2D eigenvalue weighted by Crippen LogP contribution is -2.46. The highest BCUT2D eigenvalue weighted by Gasteiger charge is 2.43. The quantitative estimate of drug-likeness (QED) is 0.551. The number of nitrogens with zero attached hydrogens (tertiary/aromatic N) is 3. The molecule has 0 amide bonds. The maximum absolute atomic E-state index is 13.0. The van der Waals surface area contributed by atoms with E-state index in [-0.39, 0.29) is 5.97 Å². The van der Waals surface area contributed by atoms with E-state index in [4.69, 9.17) is 9.26 Å². The van der Waals surface area contributed by atoms with E-state index in [2.05, 4.69) is 15.0 Å². The van der Waals surface area contributed by atoms with Gasteiger partial charge < -0.3 is 9.26 Å². The van der Waals surface area contributed by atoms with Gasteiger partial charge in [0.05, 0.1) is 12.0 Å². The number of hydrogen-bond acceptors (Lipinski definition) is 6. The predicted octanol–water partition coefficient (Wildman–Crippen LogP) is 4.12. The summed E-state index contributed by atoms with van der Waals surface area (Å²) in [5.41, 5.74) is 2.46. The van der Waals surface area contributed by atoms with Gasteiger partial charge >= 0.3 is 5.97 Å². The number of pyridine rings is 1. The van der Waals surface area contributed by atoms with Crippen LogP contribution in [-0.4, -0.2) is 40.7 Å². The molecule has 2 aromatic heterocycles. The number of carbonyl (C=O) groups is 1. The Balaban J connectivity index is 1.47. The molecule has 4 rings (SSSR count). The number of ether oxygens (including phenoxy) is 1. The molecule has 0 spiro atoms.